The summed E-state index contributed by atoms with van der Waals surface area (Å²) in [6.45, 7) is 5.32. The van der Waals surface area contributed by atoms with E-state index in [2.05, 4.69) is 11.8 Å². The first kappa shape index (κ1) is 22.2. The van der Waals surface area contributed by atoms with Crippen LogP contribution in [0.2, 0.25) is 0 Å². The van der Waals surface area contributed by atoms with Crippen LogP contribution in [-0.4, -0.2) is 53.5 Å². The summed E-state index contributed by atoms with van der Waals surface area (Å²) in [5.74, 6) is -0.0881. The van der Waals surface area contributed by atoms with Gasteiger partial charge in [0.25, 0.3) is 5.91 Å². The maximum Gasteiger partial charge on any atom is 0.259 e. The molecular weight excluding hydrogens is 360 g/mol. The number of aliphatic hydroxyl groups is 1. The molecule has 1 unspecified atom stereocenters. The standard InChI is InChI=1S/C22H34N2O2.ClH/c1-3-24-16-14-20(15-17-24)23(2)21(25)22(26,18-10-6-4-7-11-18)19-12-8-5-9-13-19;/h4,6-7,10-11,19-20,26H,3,5,8-9,12-17H2,1-2H3;1H. The maximum absolute atomic E-state index is 13.6. The smallest absolute Gasteiger partial charge is 0.259 e. The first-order chi connectivity index (χ1) is 12.6. The van der Waals surface area contributed by atoms with Crippen molar-refractivity contribution in [3.05, 3.63) is 35.9 Å². The number of piperidine rings is 1. The summed E-state index contributed by atoms with van der Waals surface area (Å²) in [4.78, 5) is 17.9. The largest absolute Gasteiger partial charge is 0.375 e. The van der Waals surface area contributed by atoms with E-state index in [0.29, 0.717) is 0 Å². The topological polar surface area (TPSA) is 43.8 Å². The molecule has 1 N–H and O–H groups in total. The average molecular weight is 395 g/mol. The van der Waals surface area contributed by atoms with Crippen LogP contribution in [0.25, 0.3) is 0 Å². The van der Waals surface area contributed by atoms with Crippen molar-refractivity contribution in [2.45, 2.75) is 63.5 Å². The molecule has 2 aliphatic rings. The molecule has 1 aliphatic heterocycles. The van der Waals surface area contributed by atoms with Gasteiger partial charge < -0.3 is 14.9 Å². The molecule has 0 spiro atoms. The number of benzene rings is 1. The zero-order chi connectivity index (χ0) is 18.6. The highest BCUT2D eigenvalue weighted by molar-refractivity contribution is 5.87. The second kappa shape index (κ2) is 9.90. The van der Waals surface area contributed by atoms with E-state index in [0.717, 1.165) is 63.7 Å². The highest BCUT2D eigenvalue weighted by Crippen LogP contribution is 2.41. The molecule has 1 aliphatic carbocycles. The Kier molecular flexibility index (Phi) is 8.14. The minimum atomic E-state index is -1.39. The van der Waals surface area contributed by atoms with Crippen LogP contribution < -0.4 is 0 Å². The van der Waals surface area contributed by atoms with Gasteiger partial charge in [-0.2, -0.15) is 0 Å². The van der Waals surface area contributed by atoms with Crippen LogP contribution >= 0.6 is 12.4 Å². The molecule has 0 aromatic heterocycles. The number of hydrogen-bond acceptors (Lipinski definition) is 3. The summed E-state index contributed by atoms with van der Waals surface area (Å²) in [5, 5.41) is 11.8. The van der Waals surface area contributed by atoms with E-state index in [1.165, 1.54) is 6.42 Å². The van der Waals surface area contributed by atoms with Crippen LogP contribution in [0.5, 0.6) is 0 Å². The van der Waals surface area contributed by atoms with E-state index in [4.69, 9.17) is 0 Å². The van der Waals surface area contributed by atoms with E-state index in [1.54, 1.807) is 0 Å². The van der Waals surface area contributed by atoms with Gasteiger partial charge in [0.15, 0.2) is 5.60 Å². The fraction of sp³-hybridized carbons (Fsp3) is 0.682. The Morgan fingerprint density at radius 2 is 1.70 bits per heavy atom. The molecule has 1 saturated carbocycles. The lowest BCUT2D eigenvalue weighted by Crippen LogP contribution is -2.55. The maximum atomic E-state index is 13.6. The normalized spacial score (nSPS) is 21.9. The van der Waals surface area contributed by atoms with Crippen LogP contribution in [0, 0.1) is 5.92 Å². The third kappa shape index (κ3) is 4.67. The van der Waals surface area contributed by atoms with Crippen molar-refractivity contribution in [2.75, 3.05) is 26.7 Å². The lowest BCUT2D eigenvalue weighted by molar-refractivity contribution is -0.163. The summed E-state index contributed by atoms with van der Waals surface area (Å²) in [6.07, 6.45) is 7.26. The average Bonchev–Trinajstić information content (AvgIpc) is 2.73. The molecule has 1 amide bonds. The molecule has 5 heteroatoms. The van der Waals surface area contributed by atoms with Gasteiger partial charge in [0, 0.05) is 32.1 Å². The van der Waals surface area contributed by atoms with Crippen LogP contribution in [0.1, 0.15) is 57.4 Å². The molecule has 0 radical (unpaired) electrons. The number of amides is 1. The summed E-state index contributed by atoms with van der Waals surface area (Å²) >= 11 is 0. The lowest BCUT2D eigenvalue weighted by atomic mass is 9.72. The van der Waals surface area contributed by atoms with Crippen molar-refractivity contribution in [3.63, 3.8) is 0 Å². The van der Waals surface area contributed by atoms with Gasteiger partial charge in [0.05, 0.1) is 0 Å². The molecule has 3 rings (SSSR count). The van der Waals surface area contributed by atoms with Gasteiger partial charge in [-0.05, 0) is 37.8 Å². The number of carbonyl (C=O) groups is 1. The molecule has 152 valence electrons. The van der Waals surface area contributed by atoms with Gasteiger partial charge >= 0.3 is 0 Å². The first-order valence-electron chi connectivity index (χ1n) is 10.3. The van der Waals surface area contributed by atoms with E-state index in [9.17, 15) is 9.90 Å². The molecule has 1 atom stereocenters. The Morgan fingerprint density at radius 3 is 2.26 bits per heavy atom. The molecule has 2 fully saturated rings. The second-order valence-electron chi connectivity index (χ2n) is 8.05. The number of rotatable bonds is 5. The van der Waals surface area contributed by atoms with Crippen molar-refractivity contribution in [1.29, 1.82) is 0 Å². The Hall–Kier alpha value is -1.10. The van der Waals surface area contributed by atoms with Crippen molar-refractivity contribution < 1.29 is 9.90 Å². The molecular formula is C22H35ClN2O2. The zero-order valence-electron chi connectivity index (χ0n) is 16.8. The Labute approximate surface area is 170 Å². The highest BCUT2D eigenvalue weighted by Gasteiger charge is 2.48. The summed E-state index contributed by atoms with van der Waals surface area (Å²) in [7, 11) is 1.89. The molecule has 0 bridgehead atoms. The van der Waals surface area contributed by atoms with Crippen molar-refractivity contribution in [1.82, 2.24) is 9.80 Å². The van der Waals surface area contributed by atoms with Crippen LogP contribution in [0.15, 0.2) is 30.3 Å². The third-order valence-electron chi connectivity index (χ3n) is 6.61. The molecule has 27 heavy (non-hydrogen) atoms. The quantitative estimate of drug-likeness (QED) is 0.825. The van der Waals surface area contributed by atoms with Gasteiger partial charge in [-0.25, -0.2) is 0 Å². The summed E-state index contributed by atoms with van der Waals surface area (Å²) in [6, 6.07) is 9.86. The van der Waals surface area contributed by atoms with Gasteiger partial charge in [-0.3, -0.25) is 4.79 Å². The Balaban J connectivity index is 0.00000261. The lowest BCUT2D eigenvalue weighted by Gasteiger charge is -2.43. The predicted molar refractivity (Wildman–Crippen MR) is 112 cm³/mol. The molecule has 1 saturated heterocycles. The van der Waals surface area contributed by atoms with Crippen molar-refractivity contribution in [3.8, 4) is 0 Å². The molecule has 1 aromatic carbocycles. The van der Waals surface area contributed by atoms with E-state index in [1.807, 2.05) is 42.3 Å². The number of likely N-dealkylation sites (N-methyl/N-ethyl adjacent to an activating group) is 1. The number of likely N-dealkylation sites (tertiary alicyclic amines) is 1. The highest BCUT2D eigenvalue weighted by atomic mass is 35.5. The fourth-order valence-electron chi connectivity index (χ4n) is 4.80. The number of nitrogens with zero attached hydrogens (tertiary/aromatic N) is 2. The van der Waals surface area contributed by atoms with E-state index < -0.39 is 5.60 Å². The minimum absolute atomic E-state index is 0. The van der Waals surface area contributed by atoms with Crippen LogP contribution in [0.3, 0.4) is 0 Å². The molecule has 1 aromatic rings. The molecule has 1 heterocycles. The Morgan fingerprint density at radius 1 is 1.11 bits per heavy atom. The van der Waals surface area contributed by atoms with Gasteiger partial charge in [-0.1, -0.05) is 56.5 Å². The number of carbonyl (C=O) groups excluding carboxylic acids is 1. The third-order valence-corrected chi connectivity index (χ3v) is 6.61. The van der Waals surface area contributed by atoms with Gasteiger partial charge in [0.1, 0.15) is 0 Å². The first-order valence-corrected chi connectivity index (χ1v) is 10.3. The van der Waals surface area contributed by atoms with Crippen LogP contribution in [-0.2, 0) is 10.4 Å². The summed E-state index contributed by atoms with van der Waals surface area (Å²) in [5.41, 5.74) is -0.632. The van der Waals surface area contributed by atoms with E-state index in [-0.39, 0.29) is 30.3 Å². The second-order valence-corrected chi connectivity index (χ2v) is 8.05. The SMILES string of the molecule is CCN1CCC(N(C)C(=O)C(O)(c2ccccc2)C2CCCCC2)CC1.Cl. The summed E-state index contributed by atoms with van der Waals surface area (Å²) < 4.78 is 0. The molecule has 4 nitrogen and oxygen atoms in total. The van der Waals surface area contributed by atoms with Gasteiger partial charge in [-0.15, -0.1) is 12.4 Å². The number of hydrogen-bond donors (Lipinski definition) is 1. The van der Waals surface area contributed by atoms with Crippen molar-refractivity contribution in [2.24, 2.45) is 5.92 Å². The minimum Gasteiger partial charge on any atom is -0.375 e. The zero-order valence-corrected chi connectivity index (χ0v) is 17.6. The predicted octanol–water partition coefficient (Wildman–Crippen LogP) is 3.82. The monoisotopic (exact) mass is 394 g/mol. The fourth-order valence-corrected chi connectivity index (χ4v) is 4.80. The van der Waals surface area contributed by atoms with Gasteiger partial charge in [0.2, 0.25) is 0 Å². The van der Waals surface area contributed by atoms with Crippen LogP contribution in [0.4, 0.5) is 0 Å². The Bertz CT molecular complexity index is 583. The number of halogens is 1. The van der Waals surface area contributed by atoms with E-state index >= 15 is 0 Å². The van der Waals surface area contributed by atoms with Crippen molar-refractivity contribution >= 4 is 18.3 Å².